The maximum atomic E-state index is 12.7. The summed E-state index contributed by atoms with van der Waals surface area (Å²) in [5, 5.41) is 3.63. The minimum absolute atomic E-state index is 0.0438. The van der Waals surface area contributed by atoms with Gasteiger partial charge >= 0.3 is 0 Å². The maximum absolute atomic E-state index is 12.7. The van der Waals surface area contributed by atoms with Gasteiger partial charge in [-0.2, -0.15) is 4.98 Å². The van der Waals surface area contributed by atoms with Crippen molar-refractivity contribution in [2.45, 2.75) is 0 Å². The largest absolute Gasteiger partial charge is 0.342 e. The molecular weight excluding hydrogens is 195 g/mol. The van der Waals surface area contributed by atoms with E-state index in [4.69, 9.17) is 11.6 Å². The summed E-state index contributed by atoms with van der Waals surface area (Å²) in [5.41, 5.74) is 0.625. The molecule has 0 unspecified atom stereocenters. The number of hydrogen-bond donors (Lipinski definition) is 0. The number of halogens is 2. The normalized spacial score (nSPS) is 10.3. The average Bonchev–Trinajstić information content (AvgIpc) is 2.62. The molecule has 1 aromatic carbocycles. The quantitative estimate of drug-likeness (QED) is 0.707. The Hall–Kier alpha value is -1.42. The van der Waals surface area contributed by atoms with E-state index in [2.05, 4.69) is 14.7 Å². The average molecular weight is 199 g/mol. The first-order chi connectivity index (χ1) is 6.27. The fourth-order valence-electron chi connectivity index (χ4n) is 0.933. The lowest BCUT2D eigenvalue weighted by atomic mass is 10.2. The van der Waals surface area contributed by atoms with Crippen LogP contribution in [0, 0.1) is 5.82 Å². The molecular formula is C8H4ClFN2O. The summed E-state index contributed by atoms with van der Waals surface area (Å²) < 4.78 is 17.3. The number of nitrogens with zero attached hydrogens (tertiary/aromatic N) is 2. The van der Waals surface area contributed by atoms with Crippen molar-refractivity contribution in [3.8, 4) is 11.4 Å². The van der Waals surface area contributed by atoms with Crippen LogP contribution in [-0.2, 0) is 0 Å². The van der Waals surface area contributed by atoms with Gasteiger partial charge in [-0.3, -0.25) is 0 Å². The van der Waals surface area contributed by atoms with Gasteiger partial charge in [0.05, 0.1) is 5.02 Å². The number of aromatic nitrogens is 2. The SMILES string of the molecule is Fc1ccc(-c2ncon2)cc1Cl. The Balaban J connectivity index is 2.49. The van der Waals surface area contributed by atoms with E-state index < -0.39 is 5.82 Å². The van der Waals surface area contributed by atoms with Crippen LogP contribution in [-0.4, -0.2) is 10.1 Å². The lowest BCUT2D eigenvalue weighted by Gasteiger charge is -1.95. The van der Waals surface area contributed by atoms with E-state index in [0.29, 0.717) is 11.4 Å². The molecule has 0 saturated heterocycles. The van der Waals surface area contributed by atoms with Crippen LogP contribution < -0.4 is 0 Å². The molecule has 2 aromatic rings. The summed E-state index contributed by atoms with van der Waals surface area (Å²) in [5.74, 6) is -0.0733. The Morgan fingerprint density at radius 3 is 2.85 bits per heavy atom. The third kappa shape index (κ3) is 1.53. The fraction of sp³-hybridized carbons (Fsp3) is 0. The molecule has 3 nitrogen and oxygen atoms in total. The van der Waals surface area contributed by atoms with E-state index in [-0.39, 0.29) is 5.02 Å². The molecule has 1 aromatic heterocycles. The zero-order valence-electron chi connectivity index (χ0n) is 6.37. The molecule has 2 rings (SSSR count). The highest BCUT2D eigenvalue weighted by atomic mass is 35.5. The summed E-state index contributed by atoms with van der Waals surface area (Å²) in [6.45, 7) is 0. The van der Waals surface area contributed by atoms with Gasteiger partial charge < -0.3 is 4.52 Å². The zero-order chi connectivity index (χ0) is 9.26. The second-order valence-corrected chi connectivity index (χ2v) is 2.79. The molecule has 0 saturated carbocycles. The molecule has 66 valence electrons. The van der Waals surface area contributed by atoms with Crippen LogP contribution in [0.25, 0.3) is 11.4 Å². The number of benzene rings is 1. The molecule has 0 N–H and O–H groups in total. The Kier molecular flexibility index (Phi) is 1.98. The fourth-order valence-corrected chi connectivity index (χ4v) is 1.11. The molecule has 0 atom stereocenters. The Morgan fingerprint density at radius 2 is 2.23 bits per heavy atom. The van der Waals surface area contributed by atoms with Crippen LogP contribution in [0.4, 0.5) is 4.39 Å². The van der Waals surface area contributed by atoms with Crippen molar-refractivity contribution in [2.24, 2.45) is 0 Å². The van der Waals surface area contributed by atoms with E-state index in [1.54, 1.807) is 0 Å². The van der Waals surface area contributed by atoms with E-state index in [0.717, 1.165) is 0 Å². The van der Waals surface area contributed by atoms with E-state index in [1.807, 2.05) is 0 Å². The van der Waals surface area contributed by atoms with E-state index in [1.165, 1.54) is 24.6 Å². The molecule has 0 spiro atoms. The maximum Gasteiger partial charge on any atom is 0.214 e. The van der Waals surface area contributed by atoms with Gasteiger partial charge in [0, 0.05) is 5.56 Å². The molecule has 13 heavy (non-hydrogen) atoms. The Morgan fingerprint density at radius 1 is 1.38 bits per heavy atom. The first kappa shape index (κ1) is 8.19. The van der Waals surface area contributed by atoms with Crippen molar-refractivity contribution in [3.05, 3.63) is 35.4 Å². The van der Waals surface area contributed by atoms with Gasteiger partial charge in [0.2, 0.25) is 12.2 Å². The van der Waals surface area contributed by atoms with Crippen LogP contribution in [0.1, 0.15) is 0 Å². The molecule has 5 heteroatoms. The summed E-state index contributed by atoms with van der Waals surface area (Å²) in [6.07, 6.45) is 1.20. The van der Waals surface area contributed by atoms with Crippen molar-refractivity contribution in [3.63, 3.8) is 0 Å². The monoisotopic (exact) mass is 198 g/mol. The molecule has 0 radical (unpaired) electrons. The third-order valence-electron chi connectivity index (χ3n) is 1.54. The third-order valence-corrected chi connectivity index (χ3v) is 1.83. The van der Waals surface area contributed by atoms with Gasteiger partial charge in [0.1, 0.15) is 5.82 Å². The highest BCUT2D eigenvalue weighted by Crippen LogP contribution is 2.21. The second-order valence-electron chi connectivity index (χ2n) is 2.38. The van der Waals surface area contributed by atoms with Gasteiger partial charge in [-0.25, -0.2) is 4.39 Å². The summed E-state index contributed by atoms with van der Waals surface area (Å²) in [4.78, 5) is 3.80. The molecule has 0 amide bonds. The van der Waals surface area contributed by atoms with Crippen molar-refractivity contribution in [1.29, 1.82) is 0 Å². The van der Waals surface area contributed by atoms with Gasteiger partial charge in [-0.1, -0.05) is 16.8 Å². The highest BCUT2D eigenvalue weighted by molar-refractivity contribution is 6.31. The van der Waals surface area contributed by atoms with Crippen molar-refractivity contribution >= 4 is 11.6 Å². The van der Waals surface area contributed by atoms with Gasteiger partial charge in [-0.15, -0.1) is 0 Å². The Labute approximate surface area is 78.1 Å². The van der Waals surface area contributed by atoms with Gasteiger partial charge in [-0.05, 0) is 18.2 Å². The molecule has 1 heterocycles. The summed E-state index contributed by atoms with van der Waals surface area (Å²) >= 11 is 5.57. The minimum Gasteiger partial charge on any atom is -0.342 e. The van der Waals surface area contributed by atoms with E-state index in [9.17, 15) is 4.39 Å². The van der Waals surface area contributed by atoms with Crippen molar-refractivity contribution in [2.75, 3.05) is 0 Å². The van der Waals surface area contributed by atoms with Crippen molar-refractivity contribution < 1.29 is 8.91 Å². The van der Waals surface area contributed by atoms with Crippen LogP contribution in [0.2, 0.25) is 5.02 Å². The van der Waals surface area contributed by atoms with Crippen molar-refractivity contribution in [1.82, 2.24) is 10.1 Å². The molecule has 0 bridgehead atoms. The second kappa shape index (κ2) is 3.14. The van der Waals surface area contributed by atoms with Crippen LogP contribution in [0.5, 0.6) is 0 Å². The Bertz CT molecular complexity index is 416. The first-order valence-corrected chi connectivity index (χ1v) is 3.87. The van der Waals surface area contributed by atoms with Gasteiger partial charge in [0.15, 0.2) is 0 Å². The number of hydrogen-bond acceptors (Lipinski definition) is 3. The predicted octanol–water partition coefficient (Wildman–Crippen LogP) is 2.53. The van der Waals surface area contributed by atoms with Gasteiger partial charge in [0.25, 0.3) is 0 Å². The molecule has 0 aliphatic carbocycles. The lowest BCUT2D eigenvalue weighted by molar-refractivity contribution is 0.418. The van der Waals surface area contributed by atoms with Crippen LogP contribution >= 0.6 is 11.6 Å². The predicted molar refractivity (Wildman–Crippen MR) is 44.7 cm³/mol. The first-order valence-electron chi connectivity index (χ1n) is 3.49. The topological polar surface area (TPSA) is 38.9 Å². The standard InChI is InChI=1S/C8H4ClFN2O/c9-6-3-5(1-2-7(6)10)8-11-4-13-12-8/h1-4H. The van der Waals surface area contributed by atoms with Crippen LogP contribution in [0.15, 0.2) is 29.1 Å². The molecule has 0 aliphatic rings. The highest BCUT2D eigenvalue weighted by Gasteiger charge is 2.05. The summed E-state index contributed by atoms with van der Waals surface area (Å²) in [7, 11) is 0. The van der Waals surface area contributed by atoms with Crippen LogP contribution in [0.3, 0.4) is 0 Å². The van der Waals surface area contributed by atoms with E-state index >= 15 is 0 Å². The molecule has 0 fully saturated rings. The zero-order valence-corrected chi connectivity index (χ0v) is 7.12. The molecule has 0 aliphatic heterocycles. The summed E-state index contributed by atoms with van der Waals surface area (Å²) in [6, 6.07) is 4.24. The number of rotatable bonds is 1. The lowest BCUT2D eigenvalue weighted by Crippen LogP contribution is -1.82. The smallest absolute Gasteiger partial charge is 0.214 e. The minimum atomic E-state index is -0.464.